The van der Waals surface area contributed by atoms with E-state index in [4.69, 9.17) is 0 Å². The molecular weight excluding hydrogens is 319 g/mol. The predicted molar refractivity (Wildman–Crippen MR) is 82.9 cm³/mol. The second-order valence-electron chi connectivity index (χ2n) is 4.32. The van der Waals surface area contributed by atoms with Crippen molar-refractivity contribution in [2.24, 2.45) is 0 Å². The standard InChI is InChI=1S/C16H14BrFN2/c1-2-20(15-6-4-14(18)5-7-15)16-8-3-12(10-17)9-13(16)11-19/h3-9H,2,10H2,1H3. The molecule has 4 heteroatoms. The molecule has 2 aromatic carbocycles. The quantitative estimate of drug-likeness (QED) is 0.755. The molecule has 0 aliphatic heterocycles. The normalized spacial score (nSPS) is 10.1. The Kier molecular flexibility index (Phi) is 4.75. The molecule has 0 amide bonds. The van der Waals surface area contributed by atoms with E-state index in [0.29, 0.717) is 17.4 Å². The summed E-state index contributed by atoms with van der Waals surface area (Å²) in [6, 6.07) is 14.3. The average Bonchev–Trinajstić information content (AvgIpc) is 2.50. The fourth-order valence-electron chi connectivity index (χ4n) is 2.10. The lowest BCUT2D eigenvalue weighted by Crippen LogP contribution is -2.17. The van der Waals surface area contributed by atoms with E-state index in [2.05, 4.69) is 22.0 Å². The third-order valence-electron chi connectivity index (χ3n) is 3.08. The van der Waals surface area contributed by atoms with Gasteiger partial charge in [0.25, 0.3) is 0 Å². The first kappa shape index (κ1) is 14.5. The highest BCUT2D eigenvalue weighted by molar-refractivity contribution is 9.08. The van der Waals surface area contributed by atoms with E-state index in [1.807, 2.05) is 30.0 Å². The second-order valence-corrected chi connectivity index (χ2v) is 4.88. The van der Waals surface area contributed by atoms with Crippen LogP contribution in [0.5, 0.6) is 0 Å². The van der Waals surface area contributed by atoms with Gasteiger partial charge < -0.3 is 4.90 Å². The Morgan fingerprint density at radius 2 is 1.90 bits per heavy atom. The monoisotopic (exact) mass is 332 g/mol. The SMILES string of the molecule is CCN(c1ccc(F)cc1)c1ccc(CBr)cc1C#N. The van der Waals surface area contributed by atoms with Crippen molar-refractivity contribution in [1.82, 2.24) is 0 Å². The molecule has 0 fully saturated rings. The van der Waals surface area contributed by atoms with Gasteiger partial charge in [-0.05, 0) is 48.9 Å². The van der Waals surface area contributed by atoms with E-state index in [9.17, 15) is 9.65 Å². The van der Waals surface area contributed by atoms with Crippen LogP contribution in [0.3, 0.4) is 0 Å². The van der Waals surface area contributed by atoms with Crippen LogP contribution in [-0.2, 0) is 5.33 Å². The molecule has 0 aliphatic rings. The van der Waals surface area contributed by atoms with Gasteiger partial charge in [0.15, 0.2) is 0 Å². The van der Waals surface area contributed by atoms with Crippen LogP contribution in [0.1, 0.15) is 18.1 Å². The van der Waals surface area contributed by atoms with Crippen molar-refractivity contribution in [3.8, 4) is 6.07 Å². The van der Waals surface area contributed by atoms with Crippen molar-refractivity contribution in [1.29, 1.82) is 5.26 Å². The number of halogens is 2. The highest BCUT2D eigenvalue weighted by Crippen LogP contribution is 2.29. The Bertz CT molecular complexity index is 632. The fourth-order valence-corrected chi connectivity index (χ4v) is 2.45. The van der Waals surface area contributed by atoms with Gasteiger partial charge in [-0.3, -0.25) is 0 Å². The summed E-state index contributed by atoms with van der Waals surface area (Å²) in [4.78, 5) is 2.00. The van der Waals surface area contributed by atoms with Crippen molar-refractivity contribution in [3.05, 3.63) is 59.4 Å². The third kappa shape index (κ3) is 3.00. The summed E-state index contributed by atoms with van der Waals surface area (Å²) in [5.74, 6) is -0.264. The molecule has 20 heavy (non-hydrogen) atoms. The smallest absolute Gasteiger partial charge is 0.123 e. The first-order valence-electron chi connectivity index (χ1n) is 6.31. The molecule has 0 aliphatic carbocycles. The van der Waals surface area contributed by atoms with Crippen LogP contribution >= 0.6 is 15.9 Å². The molecule has 0 N–H and O–H groups in total. The van der Waals surface area contributed by atoms with Gasteiger partial charge in [0.1, 0.15) is 11.9 Å². The third-order valence-corrected chi connectivity index (χ3v) is 3.73. The molecule has 0 aromatic heterocycles. The summed E-state index contributed by atoms with van der Waals surface area (Å²) in [7, 11) is 0. The molecule has 2 nitrogen and oxygen atoms in total. The van der Waals surface area contributed by atoms with Crippen LogP contribution in [0.25, 0.3) is 0 Å². The number of nitrogens with zero attached hydrogens (tertiary/aromatic N) is 2. The molecule has 0 saturated carbocycles. The van der Waals surface area contributed by atoms with Crippen molar-refractivity contribution in [2.45, 2.75) is 12.3 Å². The number of hydrogen-bond acceptors (Lipinski definition) is 2. The van der Waals surface area contributed by atoms with Crippen LogP contribution in [0.15, 0.2) is 42.5 Å². The highest BCUT2D eigenvalue weighted by atomic mass is 79.9. The Morgan fingerprint density at radius 1 is 1.20 bits per heavy atom. The molecule has 0 saturated heterocycles. The number of rotatable bonds is 4. The van der Waals surface area contributed by atoms with Crippen molar-refractivity contribution >= 4 is 27.3 Å². The topological polar surface area (TPSA) is 27.0 Å². The lowest BCUT2D eigenvalue weighted by Gasteiger charge is -2.24. The van der Waals surface area contributed by atoms with Crippen LogP contribution in [0.4, 0.5) is 15.8 Å². The van der Waals surface area contributed by atoms with E-state index in [-0.39, 0.29) is 5.82 Å². The summed E-state index contributed by atoms with van der Waals surface area (Å²) < 4.78 is 13.0. The summed E-state index contributed by atoms with van der Waals surface area (Å²) in [5, 5.41) is 10.0. The summed E-state index contributed by atoms with van der Waals surface area (Å²) in [6.07, 6.45) is 0. The van der Waals surface area contributed by atoms with Gasteiger partial charge in [-0.2, -0.15) is 5.26 Å². The molecule has 0 bridgehead atoms. The van der Waals surface area contributed by atoms with Gasteiger partial charge in [0, 0.05) is 17.6 Å². The van der Waals surface area contributed by atoms with Gasteiger partial charge in [0.05, 0.1) is 11.3 Å². The maximum Gasteiger partial charge on any atom is 0.123 e. The maximum absolute atomic E-state index is 13.0. The number of hydrogen-bond donors (Lipinski definition) is 0. The van der Waals surface area contributed by atoms with E-state index in [1.165, 1.54) is 12.1 Å². The molecular formula is C16H14BrFN2. The van der Waals surface area contributed by atoms with Gasteiger partial charge in [-0.25, -0.2) is 4.39 Å². The number of alkyl halides is 1. The second kappa shape index (κ2) is 6.53. The highest BCUT2D eigenvalue weighted by Gasteiger charge is 2.12. The van der Waals surface area contributed by atoms with Gasteiger partial charge in [0.2, 0.25) is 0 Å². The minimum atomic E-state index is -0.264. The Labute approximate surface area is 126 Å². The van der Waals surface area contributed by atoms with E-state index in [0.717, 1.165) is 16.9 Å². The van der Waals surface area contributed by atoms with Gasteiger partial charge in [-0.1, -0.05) is 22.0 Å². The van der Waals surface area contributed by atoms with Crippen LogP contribution in [0.2, 0.25) is 0 Å². The molecule has 0 unspecified atom stereocenters. The van der Waals surface area contributed by atoms with E-state index < -0.39 is 0 Å². The number of anilines is 2. The minimum absolute atomic E-state index is 0.264. The molecule has 0 spiro atoms. The molecule has 2 aromatic rings. The number of nitriles is 1. The zero-order valence-corrected chi connectivity index (χ0v) is 12.7. The summed E-state index contributed by atoms with van der Waals surface area (Å²) in [5.41, 5.74) is 3.39. The molecule has 0 atom stereocenters. The lowest BCUT2D eigenvalue weighted by molar-refractivity contribution is 0.628. The Hall–Kier alpha value is -1.86. The molecule has 0 heterocycles. The van der Waals surface area contributed by atoms with Gasteiger partial charge >= 0.3 is 0 Å². The van der Waals surface area contributed by atoms with Crippen molar-refractivity contribution < 1.29 is 4.39 Å². The number of benzene rings is 2. The average molecular weight is 333 g/mol. The minimum Gasteiger partial charge on any atom is -0.341 e. The van der Waals surface area contributed by atoms with Crippen LogP contribution in [-0.4, -0.2) is 6.54 Å². The first-order valence-corrected chi connectivity index (χ1v) is 7.43. The first-order chi connectivity index (χ1) is 9.69. The molecule has 0 radical (unpaired) electrons. The molecule has 102 valence electrons. The van der Waals surface area contributed by atoms with Crippen molar-refractivity contribution in [3.63, 3.8) is 0 Å². The zero-order chi connectivity index (χ0) is 14.5. The summed E-state index contributed by atoms with van der Waals surface area (Å²) in [6.45, 7) is 2.71. The van der Waals surface area contributed by atoms with E-state index in [1.54, 1.807) is 12.1 Å². The largest absolute Gasteiger partial charge is 0.341 e. The zero-order valence-electron chi connectivity index (χ0n) is 11.1. The van der Waals surface area contributed by atoms with Crippen LogP contribution in [0, 0.1) is 17.1 Å². The Morgan fingerprint density at radius 3 is 2.45 bits per heavy atom. The lowest BCUT2D eigenvalue weighted by atomic mass is 10.1. The Balaban J connectivity index is 2.47. The fraction of sp³-hybridized carbons (Fsp3) is 0.188. The van der Waals surface area contributed by atoms with Crippen LogP contribution < -0.4 is 4.90 Å². The van der Waals surface area contributed by atoms with E-state index >= 15 is 0 Å². The van der Waals surface area contributed by atoms with Crippen molar-refractivity contribution in [2.75, 3.05) is 11.4 Å². The summed E-state index contributed by atoms with van der Waals surface area (Å²) >= 11 is 3.39. The maximum atomic E-state index is 13.0. The molecule has 2 rings (SSSR count). The predicted octanol–water partition coefficient (Wildman–Crippen LogP) is 4.75. The van der Waals surface area contributed by atoms with Gasteiger partial charge in [-0.15, -0.1) is 0 Å².